The van der Waals surface area contributed by atoms with E-state index in [-0.39, 0.29) is 26.4 Å². The second-order valence-electron chi connectivity index (χ2n) is 8.27. The van der Waals surface area contributed by atoms with E-state index in [1.54, 1.807) is 25.3 Å². The number of nitrogens with one attached hydrogen (secondary N) is 1. The van der Waals surface area contributed by atoms with Gasteiger partial charge in [0.05, 0.1) is 28.5 Å². The molecule has 212 valence electrons. The Balaban J connectivity index is 2.01. The van der Waals surface area contributed by atoms with Gasteiger partial charge in [0.1, 0.15) is 21.2 Å². The van der Waals surface area contributed by atoms with Crippen LogP contribution in [0.3, 0.4) is 0 Å². The van der Waals surface area contributed by atoms with Gasteiger partial charge in [-0.3, -0.25) is 20.2 Å². The van der Waals surface area contributed by atoms with Gasteiger partial charge in [-0.05, 0) is 44.0 Å². The van der Waals surface area contributed by atoms with Crippen molar-refractivity contribution in [1.82, 2.24) is 0 Å². The van der Waals surface area contributed by atoms with Crippen molar-refractivity contribution >= 4 is 68.4 Å². The molecule has 14 heteroatoms. The number of benzene rings is 2. The Bertz CT molecular complexity index is 1620. The maximum atomic E-state index is 13.9. The summed E-state index contributed by atoms with van der Waals surface area (Å²) in [5.74, 6) is -1.06. The summed E-state index contributed by atoms with van der Waals surface area (Å²) in [5.41, 5.74) is -0.120. The van der Waals surface area contributed by atoms with Crippen LogP contribution in [0.25, 0.3) is 5.70 Å². The van der Waals surface area contributed by atoms with Crippen molar-refractivity contribution in [2.45, 2.75) is 18.1 Å². The number of esters is 1. The quantitative estimate of drug-likeness (QED) is 0.139. The highest BCUT2D eigenvalue weighted by Gasteiger charge is 2.39. The average molecular weight is 613 g/mol. The molecule has 11 nitrogen and oxygen atoms in total. The minimum Gasteiger partial charge on any atom is -0.465 e. The van der Waals surface area contributed by atoms with E-state index in [4.69, 9.17) is 9.47 Å². The van der Waals surface area contributed by atoms with E-state index < -0.39 is 33.7 Å². The van der Waals surface area contributed by atoms with Crippen LogP contribution in [0.1, 0.15) is 34.0 Å². The van der Waals surface area contributed by atoms with Crippen LogP contribution in [0.4, 0.5) is 15.5 Å². The number of methoxy groups -OCH3 is 1. The molecule has 0 unspecified atom stereocenters. The molecule has 2 aromatic carbocycles. The van der Waals surface area contributed by atoms with Crippen LogP contribution in [0.5, 0.6) is 0 Å². The first kappa shape index (κ1) is 29.8. The second kappa shape index (κ2) is 13.0. The third-order valence-electron chi connectivity index (χ3n) is 5.64. The molecule has 1 aromatic heterocycles. The van der Waals surface area contributed by atoms with Gasteiger partial charge in [0.2, 0.25) is 5.43 Å². The molecule has 0 fully saturated rings. The van der Waals surface area contributed by atoms with E-state index in [0.29, 0.717) is 10.7 Å². The maximum absolute atomic E-state index is 13.9. The number of thioether (sulfide) groups is 2. The number of hydrogen-bond donors (Lipinski definition) is 1. The number of aryl methyl sites for hydroxylation is 1. The fourth-order valence-corrected chi connectivity index (χ4v) is 6.71. The first-order valence-corrected chi connectivity index (χ1v) is 14.9. The van der Waals surface area contributed by atoms with E-state index in [1.807, 2.05) is 49.4 Å². The predicted octanol–water partition coefficient (Wildman–Crippen LogP) is 6.01. The largest absolute Gasteiger partial charge is 0.465 e. The fraction of sp³-hybridized carbons (Fsp3) is 0.185. The van der Waals surface area contributed by atoms with E-state index in [0.717, 1.165) is 53.1 Å². The molecule has 41 heavy (non-hydrogen) atoms. The summed E-state index contributed by atoms with van der Waals surface area (Å²) in [4.78, 5) is 51.0. The van der Waals surface area contributed by atoms with Crippen LogP contribution in [-0.2, 0) is 9.47 Å². The lowest BCUT2D eigenvalue weighted by Crippen LogP contribution is -2.26. The summed E-state index contributed by atoms with van der Waals surface area (Å²) in [6.07, 6.45) is 0.743. The number of nitro groups is 1. The highest BCUT2D eigenvalue weighted by molar-refractivity contribution is 8.18. The number of carbonyl (C=O) groups excluding carboxylic acids is 2. The molecular formula is C27H24N4O7S3. The molecule has 4 rings (SSSR count). The number of amides is 1. The predicted molar refractivity (Wildman–Crippen MR) is 162 cm³/mol. The smallest absolute Gasteiger partial charge is 0.412 e. The summed E-state index contributed by atoms with van der Waals surface area (Å²) >= 11 is 2.93. The average Bonchev–Trinajstić information content (AvgIpc) is 3.39. The molecule has 0 spiro atoms. The molecule has 3 aromatic rings. The Morgan fingerprint density at radius 1 is 1.12 bits per heavy atom. The number of rotatable bonds is 8. The van der Waals surface area contributed by atoms with Gasteiger partial charge in [-0.15, -0.1) is 23.1 Å². The van der Waals surface area contributed by atoms with Gasteiger partial charge in [0.25, 0.3) is 0 Å². The molecule has 1 N–H and O–H groups in total. The molecular weight excluding hydrogens is 589 g/mol. The number of nitrogens with zero attached hydrogens (tertiary/aromatic N) is 3. The zero-order chi connectivity index (χ0) is 29.7. The lowest BCUT2D eigenvalue weighted by Gasteiger charge is -2.17. The molecule has 0 aliphatic carbocycles. The Kier molecular flexibility index (Phi) is 9.47. The summed E-state index contributed by atoms with van der Waals surface area (Å²) in [6, 6.07) is 16.4. The molecule has 2 heterocycles. The van der Waals surface area contributed by atoms with Crippen LogP contribution in [0, 0.1) is 17.0 Å². The highest BCUT2D eigenvalue weighted by Crippen LogP contribution is 2.44. The molecule has 1 aliphatic heterocycles. The van der Waals surface area contributed by atoms with Crippen molar-refractivity contribution < 1.29 is 24.0 Å². The van der Waals surface area contributed by atoms with Crippen molar-refractivity contribution in [2.24, 2.45) is 5.10 Å². The second-order valence-corrected chi connectivity index (χ2v) is 11.3. The Morgan fingerprint density at radius 3 is 2.39 bits per heavy atom. The summed E-state index contributed by atoms with van der Waals surface area (Å²) in [7, 11) is 1.07. The van der Waals surface area contributed by atoms with Gasteiger partial charge < -0.3 is 9.47 Å². The van der Waals surface area contributed by atoms with Crippen molar-refractivity contribution in [1.29, 1.82) is 0 Å². The van der Waals surface area contributed by atoms with Crippen LogP contribution >= 0.6 is 34.9 Å². The first-order valence-electron chi connectivity index (χ1n) is 12.0. The zero-order valence-electron chi connectivity index (χ0n) is 22.3. The van der Waals surface area contributed by atoms with E-state index >= 15 is 0 Å². The molecule has 0 atom stereocenters. The number of anilines is 2. The van der Waals surface area contributed by atoms with Crippen molar-refractivity contribution in [3.05, 3.63) is 102 Å². The third kappa shape index (κ3) is 6.29. The minimum absolute atomic E-state index is 0.0507. The van der Waals surface area contributed by atoms with Gasteiger partial charge in [0, 0.05) is 5.56 Å². The monoisotopic (exact) mass is 612 g/mol. The molecule has 0 saturated heterocycles. The third-order valence-corrected chi connectivity index (χ3v) is 8.94. The lowest BCUT2D eigenvalue weighted by atomic mass is 10.1. The van der Waals surface area contributed by atoms with E-state index in [9.17, 15) is 24.5 Å². The lowest BCUT2D eigenvalue weighted by molar-refractivity contribution is -0.376. The van der Waals surface area contributed by atoms with Crippen molar-refractivity contribution in [3.8, 4) is 0 Å². The minimum atomic E-state index is -1.06. The Morgan fingerprint density at radius 2 is 1.80 bits per heavy atom. The topological polar surface area (TPSA) is 140 Å². The van der Waals surface area contributed by atoms with Crippen LogP contribution in [0.15, 0.2) is 73.7 Å². The van der Waals surface area contributed by atoms with Crippen LogP contribution < -0.4 is 15.8 Å². The number of carbonyl (C=O) groups is 2. The number of ether oxygens (including phenoxy) is 2. The first-order chi connectivity index (χ1) is 19.7. The highest BCUT2D eigenvalue weighted by atomic mass is 32.2. The summed E-state index contributed by atoms with van der Waals surface area (Å²) in [6.45, 7) is 3.56. The molecule has 1 aliphatic rings. The molecule has 0 bridgehead atoms. The summed E-state index contributed by atoms with van der Waals surface area (Å²) in [5, 5.41) is 21.7. The molecule has 0 radical (unpaired) electrons. The van der Waals surface area contributed by atoms with Gasteiger partial charge in [-0.1, -0.05) is 48.0 Å². The molecule has 1 amide bonds. The fourth-order valence-electron chi connectivity index (χ4n) is 3.77. The van der Waals surface area contributed by atoms with Gasteiger partial charge >= 0.3 is 17.8 Å². The maximum Gasteiger partial charge on any atom is 0.412 e. The summed E-state index contributed by atoms with van der Waals surface area (Å²) < 4.78 is 9.92. The molecule has 0 saturated carbocycles. The van der Waals surface area contributed by atoms with Gasteiger partial charge in [-0.2, -0.15) is 5.10 Å². The van der Waals surface area contributed by atoms with Gasteiger partial charge in [0.15, 0.2) is 5.03 Å². The Labute approximate surface area is 247 Å². The Hall–Kier alpha value is -4.14. The normalized spacial score (nSPS) is 13.9. The van der Waals surface area contributed by atoms with Crippen LogP contribution in [-0.4, -0.2) is 42.0 Å². The van der Waals surface area contributed by atoms with E-state index in [2.05, 4.69) is 10.4 Å². The number of hydrazone groups is 1. The zero-order valence-corrected chi connectivity index (χ0v) is 24.8. The van der Waals surface area contributed by atoms with Gasteiger partial charge in [-0.25, -0.2) is 14.6 Å². The van der Waals surface area contributed by atoms with Crippen LogP contribution in [0.2, 0.25) is 0 Å². The van der Waals surface area contributed by atoms with Crippen molar-refractivity contribution in [3.63, 3.8) is 0 Å². The van der Waals surface area contributed by atoms with E-state index in [1.165, 1.54) is 5.01 Å². The SMILES string of the molecule is CCOC(=O)Nc1sc(SC)c(/C(=C2/SC(c3ccccc3)=NN2c2ccc(C)cc2)[N+](=O)[O-])c(=O)c1C(=O)OC. The number of hydrogen-bond acceptors (Lipinski definition) is 12. The standard InChI is InChI=1S/C27H24N4O7S3/c1-5-38-27(34)28-23-19(25(33)37-3)21(32)18(26(39-4)41-23)20(31(35)36)24-30(17-13-11-15(2)12-14-17)29-22(40-24)16-9-7-6-8-10-16/h6-14H,5H2,1-4H3,(H,28,34)/b24-20-. The van der Waals surface area contributed by atoms with Crippen molar-refractivity contribution in [2.75, 3.05) is 30.3 Å².